The average molecular weight is 445 g/mol. The molecule has 3 aliphatic carbocycles. The summed E-state index contributed by atoms with van der Waals surface area (Å²) in [4.78, 5) is 39.8. The zero-order chi connectivity index (χ0) is 22.4. The van der Waals surface area contributed by atoms with Crippen molar-refractivity contribution in [2.24, 2.45) is 11.8 Å². The largest absolute Gasteiger partial charge is 0.294 e. The summed E-state index contributed by atoms with van der Waals surface area (Å²) in [6.07, 6.45) is 0. The molecule has 4 aliphatic rings. The van der Waals surface area contributed by atoms with Crippen LogP contribution in [-0.2, 0) is 15.0 Å². The predicted octanol–water partition coefficient (Wildman–Crippen LogP) is 4.82. The number of halogens is 1. The van der Waals surface area contributed by atoms with E-state index in [-0.39, 0.29) is 22.3 Å². The highest BCUT2D eigenvalue weighted by Gasteiger charge is 2.66. The van der Waals surface area contributed by atoms with Crippen LogP contribution < -0.4 is 4.90 Å². The molecule has 1 heterocycles. The van der Waals surface area contributed by atoms with Crippen LogP contribution in [0.5, 0.6) is 0 Å². The Balaban J connectivity index is 1.61. The molecular formula is C25H17ClN2O4. The molecule has 32 heavy (non-hydrogen) atoms. The summed E-state index contributed by atoms with van der Waals surface area (Å²) in [6.45, 7) is 2.02. The second kappa shape index (κ2) is 6.26. The number of carbonyl (C=O) groups is 2. The van der Waals surface area contributed by atoms with Crippen molar-refractivity contribution in [2.45, 2.75) is 18.3 Å². The van der Waals surface area contributed by atoms with Gasteiger partial charge in [0, 0.05) is 22.4 Å². The number of nitro groups is 1. The number of nitrogens with zero attached hydrogens (tertiary/aromatic N) is 2. The summed E-state index contributed by atoms with van der Waals surface area (Å²) < 4.78 is 0. The Bertz CT molecular complexity index is 1320. The van der Waals surface area contributed by atoms with E-state index in [1.54, 1.807) is 0 Å². The van der Waals surface area contributed by atoms with E-state index in [1.165, 1.54) is 18.2 Å². The Morgan fingerprint density at radius 3 is 2.12 bits per heavy atom. The minimum absolute atomic E-state index is 0.0279. The summed E-state index contributed by atoms with van der Waals surface area (Å²) in [6, 6.07) is 19.9. The number of imide groups is 1. The molecule has 7 heteroatoms. The first kappa shape index (κ1) is 19.2. The summed E-state index contributed by atoms with van der Waals surface area (Å²) in [5, 5.41) is 11.9. The van der Waals surface area contributed by atoms with Gasteiger partial charge in [0.1, 0.15) is 5.69 Å². The molecule has 2 bridgehead atoms. The summed E-state index contributed by atoms with van der Waals surface area (Å²) in [5.41, 5.74) is 3.07. The van der Waals surface area contributed by atoms with Gasteiger partial charge in [-0.15, -0.1) is 0 Å². The molecule has 3 aromatic rings. The lowest BCUT2D eigenvalue weighted by atomic mass is 9.48. The van der Waals surface area contributed by atoms with E-state index >= 15 is 0 Å². The maximum Gasteiger partial charge on any atom is 0.294 e. The van der Waals surface area contributed by atoms with Crippen LogP contribution in [0.4, 0.5) is 11.4 Å². The zero-order valence-corrected chi connectivity index (χ0v) is 17.7. The highest BCUT2D eigenvalue weighted by Crippen LogP contribution is 2.64. The summed E-state index contributed by atoms with van der Waals surface area (Å²) >= 11 is 5.97. The van der Waals surface area contributed by atoms with Gasteiger partial charge in [-0.1, -0.05) is 67.1 Å². The SMILES string of the molecule is CC12c3ccccc3C(c3ccccc31)[C@H]1C(=O)N(c3ccc(Cl)cc3[N+](=O)[O-])C(=O)[C@@H]12. The number of anilines is 1. The van der Waals surface area contributed by atoms with Gasteiger partial charge in [0.2, 0.25) is 11.8 Å². The van der Waals surface area contributed by atoms with Crippen LogP contribution in [0.2, 0.25) is 5.02 Å². The Hall–Kier alpha value is -3.51. The average Bonchev–Trinajstić information content (AvgIpc) is 3.06. The highest BCUT2D eigenvalue weighted by atomic mass is 35.5. The first-order chi connectivity index (χ1) is 15.4. The molecule has 1 fully saturated rings. The van der Waals surface area contributed by atoms with Crippen molar-refractivity contribution in [3.63, 3.8) is 0 Å². The van der Waals surface area contributed by atoms with Gasteiger partial charge in [-0.3, -0.25) is 19.7 Å². The van der Waals surface area contributed by atoms with Gasteiger partial charge >= 0.3 is 0 Å². The van der Waals surface area contributed by atoms with Gasteiger partial charge in [-0.25, -0.2) is 4.90 Å². The van der Waals surface area contributed by atoms with E-state index in [4.69, 9.17) is 11.6 Å². The molecule has 7 rings (SSSR count). The maximum atomic E-state index is 13.9. The fourth-order valence-corrected chi connectivity index (χ4v) is 6.39. The lowest BCUT2D eigenvalue weighted by Crippen LogP contribution is -2.51. The van der Waals surface area contributed by atoms with Gasteiger partial charge in [-0.05, 0) is 34.4 Å². The summed E-state index contributed by atoms with van der Waals surface area (Å²) in [7, 11) is 0. The van der Waals surface area contributed by atoms with Crippen LogP contribution in [0, 0.1) is 22.0 Å². The number of carbonyl (C=O) groups excluding carboxylic acids is 2. The molecule has 2 atom stereocenters. The van der Waals surface area contributed by atoms with Crippen LogP contribution in [-0.4, -0.2) is 16.7 Å². The zero-order valence-electron chi connectivity index (χ0n) is 17.0. The number of amides is 2. The molecule has 6 nitrogen and oxygen atoms in total. The fraction of sp³-hybridized carbons (Fsp3) is 0.200. The third kappa shape index (κ3) is 2.15. The molecule has 0 N–H and O–H groups in total. The van der Waals surface area contributed by atoms with Crippen LogP contribution in [0.3, 0.4) is 0 Å². The van der Waals surface area contributed by atoms with Crippen molar-refractivity contribution < 1.29 is 14.5 Å². The van der Waals surface area contributed by atoms with E-state index in [9.17, 15) is 19.7 Å². The predicted molar refractivity (Wildman–Crippen MR) is 119 cm³/mol. The minimum atomic E-state index is -0.713. The van der Waals surface area contributed by atoms with E-state index in [1.807, 2.05) is 55.5 Å². The molecule has 158 valence electrons. The van der Waals surface area contributed by atoms with Crippen molar-refractivity contribution >= 4 is 34.8 Å². The van der Waals surface area contributed by atoms with Crippen LogP contribution in [0.1, 0.15) is 35.1 Å². The molecule has 0 aromatic heterocycles. The fourth-order valence-electron chi connectivity index (χ4n) is 6.22. The first-order valence-electron chi connectivity index (χ1n) is 10.4. The van der Waals surface area contributed by atoms with Gasteiger partial charge in [0.05, 0.1) is 16.8 Å². The van der Waals surface area contributed by atoms with Gasteiger partial charge in [-0.2, -0.15) is 0 Å². The maximum absolute atomic E-state index is 13.9. The molecule has 2 amide bonds. The molecule has 3 aromatic carbocycles. The van der Waals surface area contributed by atoms with E-state index in [2.05, 4.69) is 0 Å². The van der Waals surface area contributed by atoms with Crippen molar-refractivity contribution in [1.29, 1.82) is 0 Å². The lowest BCUT2D eigenvalue weighted by molar-refractivity contribution is -0.384. The second-order valence-corrected chi connectivity index (χ2v) is 9.20. The number of hydrogen-bond acceptors (Lipinski definition) is 4. The normalized spacial score (nSPS) is 27.2. The number of nitro benzene ring substituents is 1. The van der Waals surface area contributed by atoms with E-state index < -0.39 is 34.0 Å². The minimum Gasteiger partial charge on any atom is -0.274 e. The van der Waals surface area contributed by atoms with Gasteiger partial charge < -0.3 is 0 Å². The third-order valence-corrected chi connectivity index (χ3v) is 7.65. The molecular weight excluding hydrogens is 428 g/mol. The van der Waals surface area contributed by atoms with Crippen LogP contribution in [0.25, 0.3) is 0 Å². The third-order valence-electron chi connectivity index (χ3n) is 7.42. The molecule has 0 radical (unpaired) electrons. The molecule has 0 spiro atoms. The first-order valence-corrected chi connectivity index (χ1v) is 10.7. The lowest BCUT2D eigenvalue weighted by Gasteiger charge is -2.52. The molecule has 1 saturated heterocycles. The second-order valence-electron chi connectivity index (χ2n) is 8.76. The van der Waals surface area contributed by atoms with Gasteiger partial charge in [0.25, 0.3) is 5.69 Å². The molecule has 0 saturated carbocycles. The van der Waals surface area contributed by atoms with Crippen molar-refractivity contribution in [1.82, 2.24) is 0 Å². The number of rotatable bonds is 2. The van der Waals surface area contributed by atoms with E-state index in [0.717, 1.165) is 27.2 Å². The number of hydrogen-bond donors (Lipinski definition) is 0. The Morgan fingerprint density at radius 2 is 1.53 bits per heavy atom. The van der Waals surface area contributed by atoms with Crippen molar-refractivity contribution in [3.05, 3.63) is 104 Å². The quantitative estimate of drug-likeness (QED) is 0.322. The topological polar surface area (TPSA) is 80.5 Å². The van der Waals surface area contributed by atoms with Crippen molar-refractivity contribution in [3.8, 4) is 0 Å². The number of benzene rings is 3. The van der Waals surface area contributed by atoms with Crippen molar-refractivity contribution in [2.75, 3.05) is 4.90 Å². The monoisotopic (exact) mass is 444 g/mol. The van der Waals surface area contributed by atoms with Crippen LogP contribution >= 0.6 is 11.6 Å². The molecule has 1 aliphatic heterocycles. The highest BCUT2D eigenvalue weighted by molar-refractivity contribution is 6.31. The Morgan fingerprint density at radius 1 is 0.938 bits per heavy atom. The van der Waals surface area contributed by atoms with Crippen LogP contribution in [0.15, 0.2) is 66.7 Å². The Kier molecular flexibility index (Phi) is 3.76. The smallest absolute Gasteiger partial charge is 0.274 e. The van der Waals surface area contributed by atoms with Gasteiger partial charge in [0.15, 0.2) is 0 Å². The summed E-state index contributed by atoms with van der Waals surface area (Å²) in [5.74, 6) is -2.33. The van der Waals surface area contributed by atoms with E-state index in [0.29, 0.717) is 0 Å². The standard InChI is InChI=1S/C25H17ClN2O4/c1-25-16-8-4-2-6-14(16)20(15-7-3-5-9-17(15)25)21-22(25)24(30)27(23(21)29)18-11-10-13(26)12-19(18)28(31)32/h2-12,20-22H,1H3/t20?,21-,22-,25?/m1/s1. The molecule has 0 unspecified atom stereocenters. The Labute approximate surface area is 188 Å².